The number of hydrogen-bond acceptors (Lipinski definition) is 3. The van der Waals surface area contributed by atoms with Crippen molar-refractivity contribution < 1.29 is 15.0 Å². The van der Waals surface area contributed by atoms with Gasteiger partial charge in [-0.2, -0.15) is 0 Å². The minimum absolute atomic E-state index is 0.312. The van der Waals surface area contributed by atoms with Crippen LogP contribution in [0.25, 0.3) is 0 Å². The van der Waals surface area contributed by atoms with Crippen molar-refractivity contribution >= 4 is 17.6 Å². The van der Waals surface area contributed by atoms with Crippen LogP contribution in [0.5, 0.6) is 0 Å². The molecule has 0 saturated heterocycles. The van der Waals surface area contributed by atoms with Crippen molar-refractivity contribution in [2.24, 2.45) is 0 Å². The SMILES string of the molecule is O=C(O)c1cccc(Cc2ccc3c(c2)C[C@@H](NC[C@H](O)c2cccc(Cl)c2)CC3)c1. The molecular weight excluding hydrogens is 410 g/mol. The first-order valence-corrected chi connectivity index (χ1v) is 11.0. The largest absolute Gasteiger partial charge is 0.478 e. The Morgan fingerprint density at radius 1 is 1.03 bits per heavy atom. The molecule has 2 atom stereocenters. The van der Waals surface area contributed by atoms with Gasteiger partial charge in [-0.3, -0.25) is 0 Å². The van der Waals surface area contributed by atoms with Crippen molar-refractivity contribution in [3.8, 4) is 0 Å². The summed E-state index contributed by atoms with van der Waals surface area (Å²) in [5, 5.41) is 23.8. The highest BCUT2D eigenvalue weighted by molar-refractivity contribution is 6.30. The van der Waals surface area contributed by atoms with Gasteiger partial charge in [0, 0.05) is 17.6 Å². The van der Waals surface area contributed by atoms with E-state index in [2.05, 4.69) is 23.5 Å². The summed E-state index contributed by atoms with van der Waals surface area (Å²) in [5.74, 6) is -0.902. The van der Waals surface area contributed by atoms with E-state index in [1.165, 1.54) is 16.7 Å². The van der Waals surface area contributed by atoms with E-state index >= 15 is 0 Å². The quantitative estimate of drug-likeness (QED) is 0.498. The van der Waals surface area contributed by atoms with Gasteiger partial charge in [0.15, 0.2) is 0 Å². The highest BCUT2D eigenvalue weighted by atomic mass is 35.5. The van der Waals surface area contributed by atoms with Crippen molar-refractivity contribution in [3.05, 3.63) is 105 Å². The third-order valence-electron chi connectivity index (χ3n) is 5.91. The summed E-state index contributed by atoms with van der Waals surface area (Å²) in [6, 6.07) is 21.4. The fourth-order valence-corrected chi connectivity index (χ4v) is 4.45. The van der Waals surface area contributed by atoms with Crippen LogP contribution in [0.15, 0.2) is 66.7 Å². The Kier molecular flexibility index (Phi) is 6.71. The lowest BCUT2D eigenvalue weighted by Gasteiger charge is -2.27. The van der Waals surface area contributed by atoms with Crippen LogP contribution < -0.4 is 5.32 Å². The van der Waals surface area contributed by atoms with Gasteiger partial charge in [0.05, 0.1) is 11.7 Å². The van der Waals surface area contributed by atoms with Gasteiger partial charge in [-0.1, -0.05) is 54.1 Å². The molecule has 160 valence electrons. The summed E-state index contributed by atoms with van der Waals surface area (Å²) < 4.78 is 0. The number of aryl methyl sites for hydroxylation is 1. The molecule has 0 radical (unpaired) electrons. The molecule has 0 bridgehead atoms. The van der Waals surface area contributed by atoms with Gasteiger partial charge < -0.3 is 15.5 Å². The lowest BCUT2D eigenvalue weighted by molar-refractivity contribution is 0.0696. The molecule has 4 nitrogen and oxygen atoms in total. The Balaban J connectivity index is 1.39. The summed E-state index contributed by atoms with van der Waals surface area (Å²) in [7, 11) is 0. The third-order valence-corrected chi connectivity index (χ3v) is 6.15. The van der Waals surface area contributed by atoms with E-state index < -0.39 is 12.1 Å². The molecule has 4 rings (SSSR count). The Bertz CT molecular complexity index is 1080. The van der Waals surface area contributed by atoms with Gasteiger partial charge in [-0.15, -0.1) is 0 Å². The predicted molar refractivity (Wildman–Crippen MR) is 123 cm³/mol. The van der Waals surface area contributed by atoms with Gasteiger partial charge in [0.1, 0.15) is 0 Å². The monoisotopic (exact) mass is 435 g/mol. The average molecular weight is 436 g/mol. The van der Waals surface area contributed by atoms with Gasteiger partial charge >= 0.3 is 5.97 Å². The number of carbonyl (C=O) groups is 1. The van der Waals surface area contributed by atoms with E-state index in [1.807, 2.05) is 18.2 Å². The molecule has 0 aliphatic heterocycles. The number of nitrogens with one attached hydrogen (secondary N) is 1. The molecule has 0 aromatic heterocycles. The maximum atomic E-state index is 11.2. The van der Waals surface area contributed by atoms with E-state index in [0.29, 0.717) is 29.6 Å². The van der Waals surface area contributed by atoms with Gasteiger partial charge in [0.25, 0.3) is 0 Å². The second kappa shape index (κ2) is 9.65. The number of fused-ring (bicyclic) bond motifs is 1. The molecule has 0 saturated carbocycles. The Morgan fingerprint density at radius 2 is 1.84 bits per heavy atom. The average Bonchev–Trinajstić information content (AvgIpc) is 2.77. The fourth-order valence-electron chi connectivity index (χ4n) is 4.25. The maximum absolute atomic E-state index is 11.2. The molecular formula is C26H26ClNO3. The lowest BCUT2D eigenvalue weighted by Crippen LogP contribution is -2.37. The van der Waals surface area contributed by atoms with E-state index in [0.717, 1.165) is 30.4 Å². The lowest BCUT2D eigenvalue weighted by atomic mass is 9.86. The van der Waals surface area contributed by atoms with Crippen molar-refractivity contribution in [2.75, 3.05) is 6.54 Å². The maximum Gasteiger partial charge on any atom is 0.335 e. The molecule has 0 unspecified atom stereocenters. The number of hydrogen-bond donors (Lipinski definition) is 3. The number of benzene rings is 3. The minimum Gasteiger partial charge on any atom is -0.478 e. The number of aliphatic hydroxyl groups is 1. The standard InChI is InChI=1S/C26H26ClNO3/c27-23-6-2-4-20(14-23)25(29)16-28-24-10-9-19-8-7-18(13-22(19)15-24)11-17-3-1-5-21(12-17)26(30)31/h1-8,12-14,24-25,28-29H,9-11,15-16H2,(H,30,31)/t24-,25-/m0/s1. The molecule has 0 fully saturated rings. The minimum atomic E-state index is -0.902. The van der Waals surface area contributed by atoms with Crippen LogP contribution in [0, 0.1) is 0 Å². The van der Waals surface area contributed by atoms with Crippen LogP contribution in [-0.4, -0.2) is 28.8 Å². The van der Waals surface area contributed by atoms with Crippen LogP contribution in [-0.2, 0) is 19.3 Å². The van der Waals surface area contributed by atoms with Crippen LogP contribution in [0.4, 0.5) is 0 Å². The van der Waals surface area contributed by atoms with Crippen LogP contribution in [0.2, 0.25) is 5.02 Å². The van der Waals surface area contributed by atoms with E-state index in [4.69, 9.17) is 11.6 Å². The molecule has 5 heteroatoms. The highest BCUT2D eigenvalue weighted by Crippen LogP contribution is 2.25. The summed E-state index contributed by atoms with van der Waals surface area (Å²) in [6.07, 6.45) is 3.08. The first-order valence-electron chi connectivity index (χ1n) is 10.6. The number of halogens is 1. The molecule has 1 aliphatic rings. The number of aliphatic hydroxyl groups excluding tert-OH is 1. The first-order chi connectivity index (χ1) is 15.0. The molecule has 0 heterocycles. The summed E-state index contributed by atoms with van der Waals surface area (Å²) in [4.78, 5) is 11.2. The van der Waals surface area contributed by atoms with Gasteiger partial charge in [0.2, 0.25) is 0 Å². The molecule has 0 spiro atoms. The summed E-state index contributed by atoms with van der Waals surface area (Å²) >= 11 is 6.03. The number of rotatable bonds is 7. The Morgan fingerprint density at radius 3 is 2.65 bits per heavy atom. The van der Waals surface area contributed by atoms with Crippen molar-refractivity contribution in [1.82, 2.24) is 5.32 Å². The summed E-state index contributed by atoms with van der Waals surface area (Å²) in [6.45, 7) is 0.488. The van der Waals surface area contributed by atoms with Crippen molar-refractivity contribution in [1.29, 1.82) is 0 Å². The first kappa shape index (κ1) is 21.6. The van der Waals surface area contributed by atoms with E-state index in [-0.39, 0.29) is 0 Å². The molecule has 0 amide bonds. The van der Waals surface area contributed by atoms with Gasteiger partial charge in [-0.05, 0) is 77.8 Å². The number of aromatic carboxylic acids is 1. The van der Waals surface area contributed by atoms with Crippen molar-refractivity contribution in [2.45, 2.75) is 37.8 Å². The van der Waals surface area contributed by atoms with E-state index in [9.17, 15) is 15.0 Å². The molecule has 31 heavy (non-hydrogen) atoms. The zero-order chi connectivity index (χ0) is 21.8. The highest BCUT2D eigenvalue weighted by Gasteiger charge is 2.20. The molecule has 3 N–H and O–H groups in total. The Hall–Kier alpha value is -2.66. The topological polar surface area (TPSA) is 69.6 Å². The zero-order valence-corrected chi connectivity index (χ0v) is 18.0. The normalized spacial score (nSPS) is 16.5. The van der Waals surface area contributed by atoms with Crippen LogP contribution in [0.3, 0.4) is 0 Å². The number of carboxylic acid groups (broad SMARTS) is 1. The van der Waals surface area contributed by atoms with Gasteiger partial charge in [-0.25, -0.2) is 4.79 Å². The second-order valence-corrected chi connectivity index (χ2v) is 8.64. The molecule has 3 aromatic rings. The van der Waals surface area contributed by atoms with Crippen molar-refractivity contribution in [3.63, 3.8) is 0 Å². The zero-order valence-electron chi connectivity index (χ0n) is 17.2. The predicted octanol–water partition coefficient (Wildman–Crippen LogP) is 4.81. The summed E-state index contributed by atoms with van der Waals surface area (Å²) in [5.41, 5.74) is 6.01. The second-order valence-electron chi connectivity index (χ2n) is 8.20. The van der Waals surface area contributed by atoms with Crippen LogP contribution in [0.1, 0.15) is 50.7 Å². The molecule has 3 aromatic carbocycles. The fraction of sp³-hybridized carbons (Fsp3) is 0.269. The Labute approximate surface area is 187 Å². The third kappa shape index (κ3) is 5.53. The smallest absolute Gasteiger partial charge is 0.335 e. The van der Waals surface area contributed by atoms with E-state index in [1.54, 1.807) is 30.3 Å². The van der Waals surface area contributed by atoms with Crippen LogP contribution >= 0.6 is 11.6 Å². The number of carboxylic acids is 1. The molecule has 1 aliphatic carbocycles.